The third-order valence-electron chi connectivity index (χ3n) is 6.13. The van der Waals surface area contributed by atoms with Gasteiger partial charge in [0, 0.05) is 5.69 Å². The standard InChI is InChI=1S/C27H27N3O5/c1-4-18-7-5-6-8-23(18)28-24(31)17-30-25(32)27(29-26(30)33,19-9-13-21(34-2)14-10-19)20-11-15-22(35-3)16-12-20/h5-16H,4,17H2,1-3H3,(H,28,31)(H,29,33). The third-order valence-corrected chi connectivity index (χ3v) is 6.13. The SMILES string of the molecule is CCc1ccccc1NC(=O)CN1C(=O)NC(c2ccc(OC)cc2)(c2ccc(OC)cc2)C1=O. The maximum atomic E-state index is 13.9. The fourth-order valence-electron chi connectivity index (χ4n) is 4.24. The Labute approximate surface area is 203 Å². The number of nitrogens with one attached hydrogen (secondary N) is 2. The minimum Gasteiger partial charge on any atom is -0.497 e. The van der Waals surface area contributed by atoms with E-state index in [0.717, 1.165) is 16.9 Å². The van der Waals surface area contributed by atoms with Gasteiger partial charge in [0.15, 0.2) is 5.54 Å². The van der Waals surface area contributed by atoms with E-state index in [1.54, 1.807) is 68.8 Å². The molecule has 0 aliphatic carbocycles. The second-order valence-electron chi connectivity index (χ2n) is 8.09. The zero-order valence-corrected chi connectivity index (χ0v) is 19.8. The smallest absolute Gasteiger partial charge is 0.326 e. The monoisotopic (exact) mass is 473 g/mol. The van der Waals surface area contributed by atoms with Crippen molar-refractivity contribution in [1.29, 1.82) is 0 Å². The van der Waals surface area contributed by atoms with E-state index < -0.39 is 29.9 Å². The maximum Gasteiger partial charge on any atom is 0.326 e. The summed E-state index contributed by atoms with van der Waals surface area (Å²) in [5, 5.41) is 5.66. The van der Waals surface area contributed by atoms with Crippen molar-refractivity contribution in [1.82, 2.24) is 10.2 Å². The van der Waals surface area contributed by atoms with Crippen molar-refractivity contribution in [2.45, 2.75) is 18.9 Å². The quantitative estimate of drug-likeness (QED) is 0.487. The Bertz CT molecular complexity index is 1190. The Morgan fingerprint density at radius 2 is 1.43 bits per heavy atom. The molecule has 1 saturated heterocycles. The minimum atomic E-state index is -1.50. The molecule has 3 aromatic rings. The summed E-state index contributed by atoms with van der Waals surface area (Å²) in [6.45, 7) is 1.57. The fourth-order valence-corrected chi connectivity index (χ4v) is 4.24. The highest BCUT2D eigenvalue weighted by molar-refractivity contribution is 6.12. The van der Waals surface area contributed by atoms with Crippen LogP contribution < -0.4 is 20.1 Å². The van der Waals surface area contributed by atoms with Gasteiger partial charge in [-0.25, -0.2) is 4.79 Å². The van der Waals surface area contributed by atoms with Crippen molar-refractivity contribution < 1.29 is 23.9 Å². The molecule has 1 fully saturated rings. The van der Waals surface area contributed by atoms with Gasteiger partial charge in [0.1, 0.15) is 18.0 Å². The van der Waals surface area contributed by atoms with Crippen molar-refractivity contribution in [2.75, 3.05) is 26.1 Å². The molecule has 0 saturated carbocycles. The predicted molar refractivity (Wildman–Crippen MR) is 131 cm³/mol. The zero-order valence-electron chi connectivity index (χ0n) is 19.8. The zero-order chi connectivity index (χ0) is 25.0. The molecule has 2 N–H and O–H groups in total. The van der Waals surface area contributed by atoms with Crippen LogP contribution in [0.15, 0.2) is 72.8 Å². The van der Waals surface area contributed by atoms with Gasteiger partial charge in [-0.15, -0.1) is 0 Å². The van der Waals surface area contributed by atoms with Crippen LogP contribution >= 0.6 is 0 Å². The molecule has 4 rings (SSSR count). The van der Waals surface area contributed by atoms with Gasteiger partial charge in [-0.05, 0) is 53.4 Å². The highest BCUT2D eigenvalue weighted by atomic mass is 16.5. The lowest BCUT2D eigenvalue weighted by Gasteiger charge is -2.28. The van der Waals surface area contributed by atoms with Crippen LogP contribution in [0.25, 0.3) is 0 Å². The topological polar surface area (TPSA) is 97.0 Å². The summed E-state index contributed by atoms with van der Waals surface area (Å²) in [5.74, 6) is 0.217. The highest BCUT2D eigenvalue weighted by Crippen LogP contribution is 2.37. The Morgan fingerprint density at radius 3 is 1.94 bits per heavy atom. The number of aryl methyl sites for hydroxylation is 1. The Morgan fingerprint density at radius 1 is 0.886 bits per heavy atom. The van der Waals surface area contributed by atoms with Gasteiger partial charge < -0.3 is 20.1 Å². The van der Waals surface area contributed by atoms with Gasteiger partial charge in [-0.1, -0.05) is 49.4 Å². The van der Waals surface area contributed by atoms with E-state index in [-0.39, 0.29) is 0 Å². The first-order chi connectivity index (χ1) is 16.9. The highest BCUT2D eigenvalue weighted by Gasteiger charge is 2.54. The van der Waals surface area contributed by atoms with Gasteiger partial charge >= 0.3 is 6.03 Å². The first kappa shape index (κ1) is 23.8. The predicted octanol–water partition coefficient (Wildman–Crippen LogP) is 3.70. The number of imide groups is 1. The summed E-state index contributed by atoms with van der Waals surface area (Å²) < 4.78 is 10.5. The molecule has 1 heterocycles. The number of nitrogens with zero attached hydrogens (tertiary/aromatic N) is 1. The molecule has 180 valence electrons. The van der Waals surface area contributed by atoms with Crippen LogP contribution in [0.2, 0.25) is 0 Å². The van der Waals surface area contributed by atoms with E-state index in [4.69, 9.17) is 9.47 Å². The van der Waals surface area contributed by atoms with Crippen molar-refractivity contribution in [3.05, 3.63) is 89.5 Å². The first-order valence-electron chi connectivity index (χ1n) is 11.2. The lowest BCUT2D eigenvalue weighted by Crippen LogP contribution is -2.45. The number of rotatable bonds is 8. The second kappa shape index (κ2) is 9.89. The van der Waals surface area contributed by atoms with Crippen LogP contribution in [0.3, 0.4) is 0 Å². The van der Waals surface area contributed by atoms with E-state index in [0.29, 0.717) is 28.3 Å². The van der Waals surface area contributed by atoms with Gasteiger partial charge in [-0.3, -0.25) is 14.5 Å². The summed E-state index contributed by atoms with van der Waals surface area (Å²) in [6.07, 6.45) is 0.734. The molecule has 0 aromatic heterocycles. The first-order valence-corrected chi connectivity index (χ1v) is 11.2. The van der Waals surface area contributed by atoms with Crippen molar-refractivity contribution in [3.63, 3.8) is 0 Å². The molecule has 1 aliphatic rings. The normalized spacial score (nSPS) is 14.4. The second-order valence-corrected chi connectivity index (χ2v) is 8.09. The molecule has 0 atom stereocenters. The summed E-state index contributed by atoms with van der Waals surface area (Å²) in [4.78, 5) is 40.7. The Balaban J connectivity index is 1.68. The number of carbonyl (C=O) groups excluding carboxylic acids is 3. The van der Waals surface area contributed by atoms with Crippen LogP contribution in [0.4, 0.5) is 10.5 Å². The Hall–Kier alpha value is -4.33. The molecule has 8 nitrogen and oxygen atoms in total. The number of hydrogen-bond acceptors (Lipinski definition) is 5. The number of ether oxygens (including phenoxy) is 2. The van der Waals surface area contributed by atoms with Crippen molar-refractivity contribution in [3.8, 4) is 11.5 Å². The van der Waals surface area contributed by atoms with E-state index in [2.05, 4.69) is 10.6 Å². The summed E-state index contributed by atoms with van der Waals surface area (Å²) in [5.41, 5.74) is 1.20. The van der Waals surface area contributed by atoms with Crippen LogP contribution in [0.5, 0.6) is 11.5 Å². The lowest BCUT2D eigenvalue weighted by molar-refractivity contribution is -0.133. The molecule has 8 heteroatoms. The number of methoxy groups -OCH3 is 2. The fraction of sp³-hybridized carbons (Fsp3) is 0.222. The molecule has 1 aliphatic heterocycles. The lowest BCUT2D eigenvalue weighted by atomic mass is 9.82. The number of anilines is 1. The molecular formula is C27H27N3O5. The number of amides is 4. The molecule has 35 heavy (non-hydrogen) atoms. The van der Waals surface area contributed by atoms with Gasteiger partial charge in [0.2, 0.25) is 5.91 Å². The summed E-state index contributed by atoms with van der Waals surface area (Å²) in [6, 6.07) is 20.5. The third kappa shape index (κ3) is 4.42. The van der Waals surface area contributed by atoms with E-state index in [1.165, 1.54) is 0 Å². The molecular weight excluding hydrogens is 446 g/mol. The minimum absolute atomic E-state index is 0.420. The average molecular weight is 474 g/mol. The van der Waals surface area contributed by atoms with Crippen LogP contribution in [0, 0.1) is 0 Å². The molecule has 0 unspecified atom stereocenters. The van der Waals surface area contributed by atoms with Gasteiger partial charge in [0.25, 0.3) is 5.91 Å². The average Bonchev–Trinajstić information content (AvgIpc) is 3.14. The molecule has 0 spiro atoms. The summed E-state index contributed by atoms with van der Waals surface area (Å²) in [7, 11) is 3.10. The molecule has 0 radical (unpaired) electrons. The van der Waals surface area contributed by atoms with Crippen LogP contribution in [0.1, 0.15) is 23.6 Å². The number of para-hydroxylation sites is 1. The van der Waals surface area contributed by atoms with Gasteiger partial charge in [-0.2, -0.15) is 0 Å². The van der Waals surface area contributed by atoms with E-state index in [9.17, 15) is 14.4 Å². The summed E-state index contributed by atoms with van der Waals surface area (Å²) >= 11 is 0. The molecule has 4 amide bonds. The molecule has 3 aromatic carbocycles. The maximum absolute atomic E-state index is 13.9. The molecule has 0 bridgehead atoms. The number of hydrogen-bond donors (Lipinski definition) is 2. The van der Waals surface area contributed by atoms with Gasteiger partial charge in [0.05, 0.1) is 14.2 Å². The van der Waals surface area contributed by atoms with Crippen molar-refractivity contribution in [2.24, 2.45) is 0 Å². The number of benzene rings is 3. The van der Waals surface area contributed by atoms with E-state index >= 15 is 0 Å². The Kier molecular flexibility index (Phi) is 6.73. The largest absolute Gasteiger partial charge is 0.497 e. The van der Waals surface area contributed by atoms with Crippen LogP contribution in [-0.4, -0.2) is 43.5 Å². The van der Waals surface area contributed by atoms with Crippen LogP contribution in [-0.2, 0) is 21.5 Å². The van der Waals surface area contributed by atoms with E-state index in [1.807, 2.05) is 25.1 Å². The number of urea groups is 1. The number of carbonyl (C=O) groups is 3. The van der Waals surface area contributed by atoms with Crippen molar-refractivity contribution >= 4 is 23.5 Å².